The highest BCUT2D eigenvalue weighted by molar-refractivity contribution is 5.85. The monoisotopic (exact) mass is 660 g/mol. The lowest BCUT2D eigenvalue weighted by atomic mass is 9.99. The number of fused-ring (bicyclic) bond motifs is 2. The lowest BCUT2D eigenvalue weighted by molar-refractivity contribution is -0.134. The molecule has 2 aromatic heterocycles. The fraction of sp³-hybridized carbons (Fsp3) is 0.286. The fourth-order valence-electron chi connectivity index (χ4n) is 7.57. The van der Waals surface area contributed by atoms with Crippen LogP contribution in [0.1, 0.15) is 97.4 Å². The van der Waals surface area contributed by atoms with Crippen LogP contribution in [0.3, 0.4) is 0 Å². The predicted octanol–water partition coefficient (Wildman–Crippen LogP) is 7.77. The molecule has 2 fully saturated rings. The topological polar surface area (TPSA) is 98.0 Å². The third-order valence-corrected chi connectivity index (χ3v) is 10.4. The van der Waals surface area contributed by atoms with Crippen molar-refractivity contribution in [3.8, 4) is 11.8 Å². The van der Waals surface area contributed by atoms with E-state index in [0.717, 1.165) is 94.7 Å². The van der Waals surface area contributed by atoms with Crippen molar-refractivity contribution in [2.24, 2.45) is 0 Å². The van der Waals surface area contributed by atoms with Crippen LogP contribution >= 0.6 is 0 Å². The molecule has 50 heavy (non-hydrogen) atoms. The Labute approximate surface area is 291 Å². The van der Waals surface area contributed by atoms with Crippen molar-refractivity contribution in [3.63, 3.8) is 0 Å². The zero-order valence-corrected chi connectivity index (χ0v) is 28.4. The van der Waals surface area contributed by atoms with E-state index in [1.807, 2.05) is 121 Å². The minimum Gasteiger partial charge on any atom is -0.340 e. The molecular formula is C42H40N6O2. The molecule has 2 N–H and O–H groups in total. The first kappa shape index (κ1) is 31.6. The molecule has 8 heteroatoms. The van der Waals surface area contributed by atoms with E-state index in [1.165, 1.54) is 0 Å². The van der Waals surface area contributed by atoms with Crippen LogP contribution in [0, 0.1) is 11.8 Å². The van der Waals surface area contributed by atoms with E-state index in [-0.39, 0.29) is 35.7 Å². The van der Waals surface area contributed by atoms with Crippen molar-refractivity contribution in [2.75, 3.05) is 13.1 Å². The van der Waals surface area contributed by atoms with Gasteiger partial charge in [-0.05, 0) is 87.1 Å². The first-order chi connectivity index (χ1) is 24.4. The van der Waals surface area contributed by atoms with Gasteiger partial charge in [0.05, 0.1) is 46.0 Å². The first-order valence-electron chi connectivity index (χ1n) is 17.6. The average Bonchev–Trinajstić information content (AvgIpc) is 3.98. The highest BCUT2D eigenvalue weighted by Crippen LogP contribution is 2.36. The van der Waals surface area contributed by atoms with Crippen LogP contribution in [0.25, 0.3) is 22.1 Å². The number of aromatic nitrogens is 4. The van der Waals surface area contributed by atoms with Gasteiger partial charge in [-0.15, -0.1) is 0 Å². The van der Waals surface area contributed by atoms with E-state index in [1.54, 1.807) is 0 Å². The van der Waals surface area contributed by atoms with Gasteiger partial charge in [0.15, 0.2) is 0 Å². The largest absolute Gasteiger partial charge is 0.340 e. The molecule has 0 aliphatic carbocycles. The summed E-state index contributed by atoms with van der Waals surface area (Å²) >= 11 is 0. The van der Waals surface area contributed by atoms with Crippen molar-refractivity contribution < 1.29 is 9.59 Å². The van der Waals surface area contributed by atoms with Gasteiger partial charge in [-0.25, -0.2) is 9.97 Å². The predicted molar refractivity (Wildman–Crippen MR) is 195 cm³/mol. The van der Waals surface area contributed by atoms with Gasteiger partial charge in [0, 0.05) is 24.2 Å². The van der Waals surface area contributed by atoms with Gasteiger partial charge in [0.25, 0.3) is 0 Å². The number of amides is 2. The zero-order valence-electron chi connectivity index (χ0n) is 28.4. The normalized spacial score (nSPS) is 18.7. The molecule has 0 radical (unpaired) electrons. The van der Waals surface area contributed by atoms with E-state index in [9.17, 15) is 9.59 Å². The summed E-state index contributed by atoms with van der Waals surface area (Å²) in [6.45, 7) is 5.45. The number of aromatic amines is 2. The number of hydrogen-bond donors (Lipinski definition) is 2. The molecule has 2 aliphatic heterocycles. The summed E-state index contributed by atoms with van der Waals surface area (Å²) in [6, 6.07) is 31.8. The number of nitrogens with zero attached hydrogens (tertiary/aromatic N) is 4. The molecule has 0 bridgehead atoms. The van der Waals surface area contributed by atoms with E-state index in [4.69, 9.17) is 9.97 Å². The summed E-state index contributed by atoms with van der Waals surface area (Å²) in [5, 5.41) is 0. The van der Waals surface area contributed by atoms with Crippen LogP contribution in [-0.2, 0) is 9.59 Å². The van der Waals surface area contributed by atoms with Crippen molar-refractivity contribution in [1.29, 1.82) is 0 Å². The maximum Gasteiger partial charge on any atom is 0.230 e. The van der Waals surface area contributed by atoms with Crippen molar-refractivity contribution >= 4 is 33.9 Å². The molecule has 0 unspecified atom stereocenters. The molecule has 0 saturated carbocycles. The molecule has 4 aromatic carbocycles. The zero-order chi connectivity index (χ0) is 34.2. The van der Waals surface area contributed by atoms with Gasteiger partial charge in [-0.3, -0.25) is 9.59 Å². The van der Waals surface area contributed by atoms with Crippen LogP contribution in [0.5, 0.6) is 0 Å². The highest BCUT2D eigenvalue weighted by Gasteiger charge is 2.36. The maximum atomic E-state index is 13.5. The summed E-state index contributed by atoms with van der Waals surface area (Å²) in [5.74, 6) is 8.16. The Morgan fingerprint density at radius 1 is 0.640 bits per heavy atom. The van der Waals surface area contributed by atoms with Crippen LogP contribution < -0.4 is 0 Å². The van der Waals surface area contributed by atoms with Gasteiger partial charge in [-0.2, -0.15) is 0 Å². The molecule has 4 heterocycles. The molecule has 2 aliphatic rings. The summed E-state index contributed by atoms with van der Waals surface area (Å²) in [4.78, 5) is 47.8. The lowest BCUT2D eigenvalue weighted by Gasteiger charge is -2.26. The number of carbonyl (C=O) groups is 2. The Kier molecular flexibility index (Phi) is 8.41. The quantitative estimate of drug-likeness (QED) is 0.178. The van der Waals surface area contributed by atoms with Crippen LogP contribution in [-0.4, -0.2) is 54.6 Å². The van der Waals surface area contributed by atoms with Gasteiger partial charge < -0.3 is 19.8 Å². The van der Waals surface area contributed by atoms with E-state index in [2.05, 4.69) is 21.8 Å². The average molecular weight is 661 g/mol. The van der Waals surface area contributed by atoms with Crippen LogP contribution in [0.2, 0.25) is 0 Å². The summed E-state index contributed by atoms with van der Waals surface area (Å²) in [7, 11) is 0. The number of nitrogens with one attached hydrogen (secondary N) is 2. The Bertz CT molecular complexity index is 2090. The number of carbonyl (C=O) groups excluding carboxylic acids is 2. The molecule has 2 amide bonds. The Hall–Kier alpha value is -5.68. The van der Waals surface area contributed by atoms with Gasteiger partial charge in [0.2, 0.25) is 11.8 Å². The fourth-order valence-corrected chi connectivity index (χ4v) is 7.57. The van der Waals surface area contributed by atoms with Crippen molar-refractivity contribution in [2.45, 2.75) is 63.5 Å². The van der Waals surface area contributed by atoms with Crippen LogP contribution in [0.15, 0.2) is 97.1 Å². The number of imidazole rings is 2. The number of rotatable bonds is 6. The standard InChI is InChI=1S/C42H40N6O2/c1-27(31-11-5-3-6-12-31)41(49)47-23-9-15-37(47)39-43-33-21-19-29(25-35(33)45-39)17-18-30-20-22-34-36(26-30)46-40(44-34)38-16-10-24-48(38)42(50)28(2)32-13-7-4-8-14-32/h3-8,11-14,19-22,25-28,37-38H,9-10,15-16,23-24H2,1-2H3,(H,43,45)(H,44,46)/t27-,28-,37+,38+/m1/s1. The Morgan fingerprint density at radius 2 is 1.06 bits per heavy atom. The second-order valence-corrected chi connectivity index (χ2v) is 13.6. The Balaban J connectivity index is 0.982. The second kappa shape index (κ2) is 13.3. The summed E-state index contributed by atoms with van der Waals surface area (Å²) in [6.07, 6.45) is 3.69. The number of H-pyrrole nitrogens is 2. The molecule has 250 valence electrons. The van der Waals surface area contributed by atoms with Gasteiger partial charge in [0.1, 0.15) is 11.6 Å². The highest BCUT2D eigenvalue weighted by atomic mass is 16.2. The van der Waals surface area contributed by atoms with Crippen molar-refractivity contribution in [3.05, 3.63) is 131 Å². The van der Waals surface area contributed by atoms with Gasteiger partial charge >= 0.3 is 0 Å². The van der Waals surface area contributed by atoms with Crippen molar-refractivity contribution in [1.82, 2.24) is 29.7 Å². The minimum atomic E-state index is -0.203. The van der Waals surface area contributed by atoms with Crippen LogP contribution in [0.4, 0.5) is 0 Å². The Morgan fingerprint density at radius 3 is 1.48 bits per heavy atom. The first-order valence-corrected chi connectivity index (χ1v) is 17.6. The lowest BCUT2D eigenvalue weighted by Crippen LogP contribution is -2.34. The maximum absolute atomic E-state index is 13.5. The minimum absolute atomic E-state index is 0.0664. The molecule has 4 atom stereocenters. The molecule has 2 saturated heterocycles. The summed E-state index contributed by atoms with van der Waals surface area (Å²) in [5.41, 5.74) is 7.37. The molecule has 6 aromatic rings. The van der Waals surface area contributed by atoms with E-state index >= 15 is 0 Å². The smallest absolute Gasteiger partial charge is 0.230 e. The molecule has 8 rings (SSSR count). The van der Waals surface area contributed by atoms with E-state index in [0.29, 0.717) is 0 Å². The molecular weight excluding hydrogens is 621 g/mol. The summed E-state index contributed by atoms with van der Waals surface area (Å²) < 4.78 is 0. The third-order valence-electron chi connectivity index (χ3n) is 10.4. The second-order valence-electron chi connectivity index (χ2n) is 13.6. The van der Waals surface area contributed by atoms with E-state index < -0.39 is 0 Å². The molecule has 8 nitrogen and oxygen atoms in total. The van der Waals surface area contributed by atoms with Gasteiger partial charge in [-0.1, -0.05) is 72.5 Å². The number of likely N-dealkylation sites (tertiary alicyclic amines) is 2. The number of benzene rings is 4. The third kappa shape index (κ3) is 6.05. The SMILES string of the molecule is C[C@@H](C(=O)N1CCC[C@H]1c1nc2ccc(C#Cc3ccc4nc([C@@H]5CCCN5C(=O)[C@H](C)c5ccccc5)[nH]c4c3)cc2[nH]1)c1ccccc1. The number of hydrogen-bond acceptors (Lipinski definition) is 4. The molecule has 0 spiro atoms.